The summed E-state index contributed by atoms with van der Waals surface area (Å²) >= 11 is 1.29. The number of amides is 1. The molecule has 0 aliphatic heterocycles. The fourth-order valence-electron chi connectivity index (χ4n) is 2.87. The Labute approximate surface area is 148 Å². The second-order valence-corrected chi connectivity index (χ2v) is 7.13. The van der Waals surface area contributed by atoms with Gasteiger partial charge in [-0.1, -0.05) is 29.5 Å². The molecule has 0 spiro atoms. The average molecular weight is 355 g/mol. The Morgan fingerprint density at radius 3 is 2.92 bits per heavy atom. The second kappa shape index (κ2) is 6.78. The van der Waals surface area contributed by atoms with Crippen molar-refractivity contribution in [3.05, 3.63) is 47.6 Å². The molecule has 0 bridgehead atoms. The van der Waals surface area contributed by atoms with Crippen molar-refractivity contribution in [3.8, 4) is 5.75 Å². The Kier molecular flexibility index (Phi) is 4.33. The first-order valence-electron chi connectivity index (χ1n) is 8.10. The molecule has 7 heteroatoms. The maximum atomic E-state index is 12.2. The normalized spacial score (nSPS) is 19.4. The van der Waals surface area contributed by atoms with Gasteiger partial charge in [0.2, 0.25) is 5.91 Å². The van der Waals surface area contributed by atoms with Gasteiger partial charge in [-0.25, -0.2) is 4.98 Å². The van der Waals surface area contributed by atoms with E-state index >= 15 is 0 Å². The Morgan fingerprint density at radius 1 is 1.28 bits per heavy atom. The molecule has 1 aromatic carbocycles. The van der Waals surface area contributed by atoms with Crippen LogP contribution in [-0.2, 0) is 11.4 Å². The number of thiazole rings is 1. The number of ether oxygens (including phenoxy) is 1. The smallest absolute Gasteiger partial charge is 0.229 e. The topological polar surface area (TPSA) is 84.3 Å². The summed E-state index contributed by atoms with van der Waals surface area (Å²) in [6.07, 6.45) is 4.69. The van der Waals surface area contributed by atoms with E-state index in [4.69, 9.17) is 9.84 Å². The van der Waals surface area contributed by atoms with Gasteiger partial charge in [-0.15, -0.1) is 0 Å². The number of hydrogen-bond donors (Lipinski definition) is 2. The molecule has 1 fully saturated rings. The molecular formula is C18H17N3O3S. The van der Waals surface area contributed by atoms with E-state index in [2.05, 4.69) is 15.3 Å². The van der Waals surface area contributed by atoms with Crippen LogP contribution in [-0.4, -0.2) is 27.1 Å². The zero-order valence-electron chi connectivity index (χ0n) is 13.4. The molecule has 2 N–H and O–H groups in total. The minimum absolute atomic E-state index is 0.0210. The SMILES string of the molecule is O=C(Nc1ncc(CO)s1)[C@H]1C[C@H](Oc2cccc3cccnc23)C1. The van der Waals surface area contributed by atoms with Gasteiger partial charge < -0.3 is 15.2 Å². The number of para-hydroxylation sites is 1. The highest BCUT2D eigenvalue weighted by Crippen LogP contribution is 2.34. The van der Waals surface area contributed by atoms with E-state index in [1.165, 1.54) is 11.3 Å². The summed E-state index contributed by atoms with van der Waals surface area (Å²) in [5.41, 5.74) is 0.845. The third kappa shape index (κ3) is 3.33. The van der Waals surface area contributed by atoms with E-state index in [-0.39, 0.29) is 24.5 Å². The molecule has 25 heavy (non-hydrogen) atoms. The van der Waals surface area contributed by atoms with E-state index < -0.39 is 0 Å². The summed E-state index contributed by atoms with van der Waals surface area (Å²) in [6, 6.07) is 9.76. The van der Waals surface area contributed by atoms with Crippen molar-refractivity contribution >= 4 is 33.3 Å². The third-order valence-electron chi connectivity index (χ3n) is 4.29. The van der Waals surface area contributed by atoms with Crippen molar-refractivity contribution in [2.45, 2.75) is 25.6 Å². The summed E-state index contributed by atoms with van der Waals surface area (Å²) in [4.78, 5) is 21.4. The number of carbonyl (C=O) groups is 1. The number of aliphatic hydroxyl groups excluding tert-OH is 1. The van der Waals surface area contributed by atoms with Gasteiger partial charge in [0.1, 0.15) is 17.4 Å². The van der Waals surface area contributed by atoms with Gasteiger partial charge in [0, 0.05) is 23.7 Å². The molecule has 0 radical (unpaired) electrons. The highest BCUT2D eigenvalue weighted by Gasteiger charge is 2.36. The zero-order chi connectivity index (χ0) is 17.2. The predicted molar refractivity (Wildman–Crippen MR) is 95.5 cm³/mol. The lowest BCUT2D eigenvalue weighted by atomic mass is 9.81. The predicted octanol–water partition coefficient (Wildman–Crippen LogP) is 2.98. The largest absolute Gasteiger partial charge is 0.488 e. The number of pyridine rings is 1. The van der Waals surface area contributed by atoms with Crippen LogP contribution in [0.2, 0.25) is 0 Å². The highest BCUT2D eigenvalue weighted by molar-refractivity contribution is 7.15. The van der Waals surface area contributed by atoms with Crippen LogP contribution >= 0.6 is 11.3 Å². The molecule has 3 aromatic rings. The van der Waals surface area contributed by atoms with Crippen LogP contribution in [0.3, 0.4) is 0 Å². The zero-order valence-corrected chi connectivity index (χ0v) is 14.2. The molecule has 1 saturated carbocycles. The number of fused-ring (bicyclic) bond motifs is 1. The monoisotopic (exact) mass is 355 g/mol. The van der Waals surface area contributed by atoms with Crippen LogP contribution in [0.1, 0.15) is 17.7 Å². The standard InChI is InChI=1S/C18H17N3O3S/c22-10-14-9-20-18(25-14)21-17(23)12-7-13(8-12)24-15-5-1-3-11-4-2-6-19-16(11)15/h1-6,9,12-13,22H,7-8,10H2,(H,20,21,23)/t12-,13-. The number of nitrogens with one attached hydrogen (secondary N) is 1. The number of carbonyl (C=O) groups excluding carboxylic acids is 1. The first-order chi connectivity index (χ1) is 12.2. The lowest BCUT2D eigenvalue weighted by Gasteiger charge is -2.34. The van der Waals surface area contributed by atoms with Gasteiger partial charge in [0.05, 0.1) is 11.5 Å². The minimum atomic E-state index is -0.0746. The maximum absolute atomic E-state index is 12.2. The number of hydrogen-bond acceptors (Lipinski definition) is 6. The molecule has 1 aliphatic rings. The van der Waals surface area contributed by atoms with E-state index in [9.17, 15) is 4.79 Å². The van der Waals surface area contributed by atoms with Crippen LogP contribution in [0.5, 0.6) is 5.75 Å². The summed E-state index contributed by atoms with van der Waals surface area (Å²) < 4.78 is 6.03. The number of benzene rings is 1. The van der Waals surface area contributed by atoms with Gasteiger partial charge in [0.15, 0.2) is 5.13 Å². The lowest BCUT2D eigenvalue weighted by molar-refractivity contribution is -0.125. The molecule has 1 aliphatic carbocycles. The van der Waals surface area contributed by atoms with E-state index in [1.807, 2.05) is 30.3 Å². The summed E-state index contributed by atoms with van der Waals surface area (Å²) in [6.45, 7) is -0.0635. The van der Waals surface area contributed by atoms with Crippen LogP contribution in [0.25, 0.3) is 10.9 Å². The van der Waals surface area contributed by atoms with Crippen molar-refractivity contribution in [2.75, 3.05) is 5.32 Å². The molecule has 128 valence electrons. The summed E-state index contributed by atoms with van der Waals surface area (Å²) in [5.74, 6) is 0.638. The molecule has 4 rings (SSSR count). The Hall–Kier alpha value is -2.51. The van der Waals surface area contributed by atoms with Crippen molar-refractivity contribution < 1.29 is 14.6 Å². The van der Waals surface area contributed by atoms with Crippen molar-refractivity contribution in [1.29, 1.82) is 0 Å². The molecule has 0 saturated heterocycles. The van der Waals surface area contributed by atoms with Crippen molar-refractivity contribution in [1.82, 2.24) is 9.97 Å². The third-order valence-corrected chi connectivity index (χ3v) is 5.19. The van der Waals surface area contributed by atoms with Crippen LogP contribution in [0, 0.1) is 5.92 Å². The fraction of sp³-hybridized carbons (Fsp3) is 0.278. The molecule has 0 unspecified atom stereocenters. The molecule has 2 heterocycles. The number of rotatable bonds is 5. The molecule has 2 aromatic heterocycles. The number of aliphatic hydroxyl groups is 1. The average Bonchev–Trinajstić information content (AvgIpc) is 3.05. The van der Waals surface area contributed by atoms with Crippen LogP contribution < -0.4 is 10.1 Å². The van der Waals surface area contributed by atoms with Crippen LogP contribution in [0.15, 0.2) is 42.7 Å². The highest BCUT2D eigenvalue weighted by atomic mass is 32.1. The van der Waals surface area contributed by atoms with Crippen LogP contribution in [0.4, 0.5) is 5.13 Å². The fourth-order valence-corrected chi connectivity index (χ4v) is 3.55. The maximum Gasteiger partial charge on any atom is 0.229 e. The van der Waals surface area contributed by atoms with E-state index in [1.54, 1.807) is 12.4 Å². The summed E-state index contributed by atoms with van der Waals surface area (Å²) in [7, 11) is 0. The number of anilines is 1. The van der Waals surface area contributed by atoms with Gasteiger partial charge in [-0.05, 0) is 25.0 Å². The van der Waals surface area contributed by atoms with Crippen molar-refractivity contribution in [2.24, 2.45) is 5.92 Å². The second-order valence-electron chi connectivity index (χ2n) is 6.02. The Bertz CT molecular complexity index is 900. The van der Waals surface area contributed by atoms with E-state index in [0.717, 1.165) is 21.5 Å². The lowest BCUT2D eigenvalue weighted by Crippen LogP contribution is -2.40. The molecule has 6 nitrogen and oxygen atoms in total. The molecule has 1 amide bonds. The number of nitrogens with zero attached hydrogens (tertiary/aromatic N) is 2. The van der Waals surface area contributed by atoms with Gasteiger partial charge in [-0.3, -0.25) is 9.78 Å². The quantitative estimate of drug-likeness (QED) is 0.735. The Balaban J connectivity index is 1.34. The molecular weight excluding hydrogens is 338 g/mol. The van der Waals surface area contributed by atoms with Gasteiger partial charge >= 0.3 is 0 Å². The minimum Gasteiger partial charge on any atom is -0.488 e. The van der Waals surface area contributed by atoms with Crippen molar-refractivity contribution in [3.63, 3.8) is 0 Å². The van der Waals surface area contributed by atoms with Gasteiger partial charge in [0.25, 0.3) is 0 Å². The number of aromatic nitrogens is 2. The summed E-state index contributed by atoms with van der Waals surface area (Å²) in [5, 5.41) is 13.4. The Morgan fingerprint density at radius 2 is 2.12 bits per heavy atom. The first kappa shape index (κ1) is 16.0. The molecule has 0 atom stereocenters. The first-order valence-corrected chi connectivity index (χ1v) is 8.91. The van der Waals surface area contributed by atoms with E-state index in [0.29, 0.717) is 18.0 Å². The van der Waals surface area contributed by atoms with Gasteiger partial charge in [-0.2, -0.15) is 0 Å².